The summed E-state index contributed by atoms with van der Waals surface area (Å²) in [5, 5.41) is 9.04. The quantitative estimate of drug-likeness (QED) is 0.359. The Morgan fingerprint density at radius 1 is 1.16 bits per heavy atom. The average Bonchev–Trinajstić information content (AvgIpc) is 3.30. The van der Waals surface area contributed by atoms with E-state index in [1.165, 1.54) is 41.4 Å². The van der Waals surface area contributed by atoms with Crippen molar-refractivity contribution >= 4 is 46.2 Å². The lowest BCUT2D eigenvalue weighted by molar-refractivity contribution is -0.120. The average molecular weight is 547 g/mol. The molecular weight excluding hydrogens is 522 g/mol. The van der Waals surface area contributed by atoms with E-state index in [4.69, 9.17) is 22.1 Å². The second-order valence-electron chi connectivity index (χ2n) is 8.67. The third-order valence-electron chi connectivity index (χ3n) is 6.01. The van der Waals surface area contributed by atoms with Crippen molar-refractivity contribution in [2.24, 2.45) is 5.73 Å². The Bertz CT molecular complexity index is 1360. The van der Waals surface area contributed by atoms with Crippen molar-refractivity contribution in [1.82, 2.24) is 20.5 Å². The molecule has 13 heteroatoms. The molecule has 0 bridgehead atoms. The first-order valence-corrected chi connectivity index (χ1v) is 12.1. The van der Waals surface area contributed by atoms with E-state index in [1.54, 1.807) is 12.1 Å². The fraction of sp³-hybridized carbons (Fsp3) is 0.280. The van der Waals surface area contributed by atoms with Gasteiger partial charge in [-0.3, -0.25) is 10.1 Å². The zero-order valence-corrected chi connectivity index (χ0v) is 20.8. The fourth-order valence-corrected chi connectivity index (χ4v) is 4.36. The van der Waals surface area contributed by atoms with Gasteiger partial charge in [0, 0.05) is 30.7 Å². The minimum Gasteiger partial charge on any atom is -0.447 e. The molecule has 1 aromatic heterocycles. The number of ether oxygens (including phenoxy) is 1. The largest absolute Gasteiger partial charge is 0.447 e. The third-order valence-corrected chi connectivity index (χ3v) is 6.43. The molecule has 4 amide bonds. The van der Waals surface area contributed by atoms with Crippen LogP contribution < -0.4 is 21.7 Å². The van der Waals surface area contributed by atoms with E-state index in [0.29, 0.717) is 22.8 Å². The number of rotatable bonds is 7. The van der Waals surface area contributed by atoms with Crippen LogP contribution in [0.5, 0.6) is 0 Å². The van der Waals surface area contributed by atoms with Gasteiger partial charge in [0.25, 0.3) is 0 Å². The number of urea groups is 1. The molecular formula is C25H25ClF2N6O4. The van der Waals surface area contributed by atoms with Crippen molar-refractivity contribution < 1.29 is 27.9 Å². The minimum absolute atomic E-state index is 0.0337. The van der Waals surface area contributed by atoms with Gasteiger partial charge in [-0.1, -0.05) is 23.7 Å². The first-order chi connectivity index (χ1) is 18.2. The van der Waals surface area contributed by atoms with Crippen molar-refractivity contribution in [1.29, 1.82) is 0 Å². The number of hydrogen-bond acceptors (Lipinski definition) is 6. The van der Waals surface area contributed by atoms with Crippen LogP contribution in [0.3, 0.4) is 0 Å². The van der Waals surface area contributed by atoms with E-state index in [2.05, 4.69) is 20.9 Å². The number of hydrogen-bond donors (Lipinski definition) is 4. The Kier molecular flexibility index (Phi) is 8.54. The summed E-state index contributed by atoms with van der Waals surface area (Å²) in [6.07, 6.45) is 0.971. The monoisotopic (exact) mass is 546 g/mol. The second kappa shape index (κ2) is 12.0. The number of fused-ring (bicyclic) bond motifs is 1. The van der Waals surface area contributed by atoms with Crippen LogP contribution in [0.4, 0.5) is 24.2 Å². The number of halogens is 3. The molecule has 0 spiro atoms. The predicted octanol–water partition coefficient (Wildman–Crippen LogP) is 3.14. The highest BCUT2D eigenvalue weighted by molar-refractivity contribution is 6.31. The molecule has 1 aliphatic heterocycles. The molecule has 0 saturated carbocycles. The highest BCUT2D eigenvalue weighted by Gasteiger charge is 2.36. The first-order valence-electron chi connectivity index (χ1n) is 11.7. The Labute approximate surface area is 221 Å². The van der Waals surface area contributed by atoms with Gasteiger partial charge in [0.15, 0.2) is 0 Å². The number of anilines is 1. The molecule has 1 fully saturated rings. The molecule has 0 aliphatic carbocycles. The van der Waals surface area contributed by atoms with Crippen LogP contribution in [0.15, 0.2) is 48.7 Å². The molecule has 1 aliphatic rings. The van der Waals surface area contributed by atoms with Gasteiger partial charge in [-0.05, 0) is 47.7 Å². The van der Waals surface area contributed by atoms with Crippen molar-refractivity contribution in [2.45, 2.75) is 25.0 Å². The van der Waals surface area contributed by atoms with E-state index in [-0.39, 0.29) is 43.0 Å². The highest BCUT2D eigenvalue weighted by Crippen LogP contribution is 2.22. The topological polar surface area (TPSA) is 139 Å². The predicted molar refractivity (Wildman–Crippen MR) is 136 cm³/mol. The molecule has 2 atom stereocenters. The van der Waals surface area contributed by atoms with Crippen LogP contribution in [0.25, 0.3) is 10.8 Å². The lowest BCUT2D eigenvalue weighted by Crippen LogP contribution is -2.46. The van der Waals surface area contributed by atoms with E-state index in [9.17, 15) is 23.2 Å². The van der Waals surface area contributed by atoms with Gasteiger partial charge in [0.05, 0.1) is 17.6 Å². The maximum atomic E-state index is 13.7. The van der Waals surface area contributed by atoms with Crippen molar-refractivity contribution in [3.8, 4) is 0 Å². The van der Waals surface area contributed by atoms with E-state index >= 15 is 0 Å². The number of carbonyl (C=O) groups excluding carboxylic acids is 3. The molecule has 2 aromatic carbocycles. The smallest absolute Gasteiger partial charge is 0.412 e. The lowest BCUT2D eigenvalue weighted by atomic mass is 10.2. The van der Waals surface area contributed by atoms with Crippen LogP contribution in [0, 0.1) is 11.6 Å². The van der Waals surface area contributed by atoms with Gasteiger partial charge < -0.3 is 26.0 Å². The standard InChI is InChI=1S/C25H25ClF2N6O4/c26-23-15(2-1-3-20(23)28)11-31-24(36)34-12-18(32-22(35)9-29)8-19(34)13-38-25(37)33-21-7-16-6-17(27)5-4-14(16)10-30-21/h1-7,10,18-19H,8-9,11-13,29H2,(H,31,36)(H,32,35)(H,30,33,37). The molecule has 1 saturated heterocycles. The number of likely N-dealkylation sites (tertiary alicyclic amines) is 1. The van der Waals surface area contributed by atoms with Gasteiger partial charge in [0.1, 0.15) is 24.1 Å². The second-order valence-corrected chi connectivity index (χ2v) is 9.04. The summed E-state index contributed by atoms with van der Waals surface area (Å²) in [7, 11) is 0. The van der Waals surface area contributed by atoms with Crippen LogP contribution in [-0.4, -0.2) is 59.7 Å². The summed E-state index contributed by atoms with van der Waals surface area (Å²) in [5.41, 5.74) is 5.77. The lowest BCUT2D eigenvalue weighted by Gasteiger charge is -2.24. The van der Waals surface area contributed by atoms with E-state index < -0.39 is 35.8 Å². The molecule has 4 rings (SSSR count). The Morgan fingerprint density at radius 2 is 1.97 bits per heavy atom. The van der Waals surface area contributed by atoms with Crippen molar-refractivity contribution in [3.05, 3.63) is 70.9 Å². The van der Waals surface area contributed by atoms with Gasteiger partial charge in [-0.2, -0.15) is 0 Å². The maximum Gasteiger partial charge on any atom is 0.412 e. The number of carbonyl (C=O) groups is 3. The molecule has 0 radical (unpaired) electrons. The maximum absolute atomic E-state index is 13.7. The van der Waals surface area contributed by atoms with Crippen LogP contribution in [-0.2, 0) is 16.1 Å². The van der Waals surface area contributed by atoms with Gasteiger partial charge in [-0.15, -0.1) is 0 Å². The summed E-state index contributed by atoms with van der Waals surface area (Å²) in [6.45, 7) is -0.292. The minimum atomic E-state index is -0.824. The van der Waals surface area contributed by atoms with Crippen molar-refractivity contribution in [2.75, 3.05) is 25.0 Å². The number of nitrogens with zero attached hydrogens (tertiary/aromatic N) is 2. The summed E-state index contributed by atoms with van der Waals surface area (Å²) in [6, 6.07) is 8.47. The van der Waals surface area contributed by atoms with Gasteiger partial charge in [0.2, 0.25) is 5.91 Å². The zero-order valence-electron chi connectivity index (χ0n) is 20.0. The molecule has 5 N–H and O–H groups in total. The van der Waals surface area contributed by atoms with Crippen LogP contribution in [0.1, 0.15) is 12.0 Å². The van der Waals surface area contributed by atoms with E-state index in [0.717, 1.165) is 0 Å². The van der Waals surface area contributed by atoms with E-state index in [1.807, 2.05) is 0 Å². The molecule has 38 heavy (non-hydrogen) atoms. The number of aromatic nitrogens is 1. The summed E-state index contributed by atoms with van der Waals surface area (Å²) in [4.78, 5) is 42.7. The van der Waals surface area contributed by atoms with Crippen LogP contribution >= 0.6 is 11.6 Å². The molecule has 2 heterocycles. The Morgan fingerprint density at radius 3 is 2.76 bits per heavy atom. The number of nitrogens with two attached hydrogens (primary N) is 1. The number of amides is 4. The van der Waals surface area contributed by atoms with Crippen LogP contribution in [0.2, 0.25) is 5.02 Å². The normalized spacial score (nSPS) is 16.8. The number of benzene rings is 2. The first kappa shape index (κ1) is 27.0. The summed E-state index contributed by atoms with van der Waals surface area (Å²) in [5.74, 6) is -1.26. The zero-order chi connectivity index (χ0) is 27.2. The number of pyridine rings is 1. The SMILES string of the molecule is NCC(=O)NC1CC(COC(=O)Nc2cc3cc(F)ccc3cn2)N(C(=O)NCc2cccc(F)c2Cl)C1. The Balaban J connectivity index is 1.38. The molecule has 200 valence electrons. The summed E-state index contributed by atoms with van der Waals surface area (Å²) >= 11 is 5.97. The number of nitrogens with one attached hydrogen (secondary N) is 3. The highest BCUT2D eigenvalue weighted by atomic mass is 35.5. The summed E-state index contributed by atoms with van der Waals surface area (Å²) < 4.78 is 32.6. The molecule has 2 unspecified atom stereocenters. The fourth-order valence-electron chi connectivity index (χ4n) is 4.16. The van der Waals surface area contributed by atoms with Gasteiger partial charge >= 0.3 is 12.1 Å². The van der Waals surface area contributed by atoms with Gasteiger partial charge in [-0.25, -0.2) is 23.4 Å². The van der Waals surface area contributed by atoms with Crippen molar-refractivity contribution in [3.63, 3.8) is 0 Å². The molecule has 3 aromatic rings. The third kappa shape index (κ3) is 6.64. The molecule has 10 nitrogen and oxygen atoms in total. The Hall–Kier alpha value is -4.03.